The molecular weight excluding hydrogens is 218 g/mol. The number of aromatic nitrogens is 4. The summed E-state index contributed by atoms with van der Waals surface area (Å²) in [7, 11) is 0. The van der Waals surface area contributed by atoms with Crippen molar-refractivity contribution < 1.29 is 0 Å². The molecule has 1 aromatic heterocycles. The van der Waals surface area contributed by atoms with Crippen molar-refractivity contribution in [1.29, 1.82) is 0 Å². The van der Waals surface area contributed by atoms with Gasteiger partial charge in [-0.1, -0.05) is 0 Å². The third-order valence-corrected chi connectivity index (χ3v) is 3.05. The van der Waals surface area contributed by atoms with E-state index in [4.69, 9.17) is 5.73 Å². The standard InChI is InChI=1S/C10H17N7/c11-10(13-8-3-4-8)12-5-9-14-15-16-17(9)6-7-1-2-7/h7-8H,1-6H2,(H3,11,12,13). The van der Waals surface area contributed by atoms with Gasteiger partial charge in [-0.3, -0.25) is 0 Å². The number of tetrazole rings is 1. The van der Waals surface area contributed by atoms with Crippen LogP contribution in [0.3, 0.4) is 0 Å². The Balaban J connectivity index is 1.57. The molecule has 0 atom stereocenters. The molecule has 3 rings (SSSR count). The van der Waals surface area contributed by atoms with E-state index in [1.54, 1.807) is 0 Å². The second-order valence-corrected chi connectivity index (χ2v) is 4.84. The Morgan fingerprint density at radius 2 is 2.24 bits per heavy atom. The summed E-state index contributed by atoms with van der Waals surface area (Å²) in [6, 6.07) is 0.529. The number of nitrogens with zero attached hydrogens (tertiary/aromatic N) is 5. The highest BCUT2D eigenvalue weighted by molar-refractivity contribution is 5.78. The Kier molecular flexibility index (Phi) is 2.66. The maximum atomic E-state index is 5.76. The highest BCUT2D eigenvalue weighted by Gasteiger charge is 2.24. The van der Waals surface area contributed by atoms with Gasteiger partial charge in [-0.05, 0) is 42.0 Å². The van der Waals surface area contributed by atoms with E-state index in [0.717, 1.165) is 18.3 Å². The Bertz CT molecular complexity index is 416. The summed E-state index contributed by atoms with van der Waals surface area (Å²) >= 11 is 0. The molecule has 1 aromatic rings. The summed E-state index contributed by atoms with van der Waals surface area (Å²) in [5.41, 5.74) is 5.76. The number of guanidine groups is 1. The summed E-state index contributed by atoms with van der Waals surface area (Å²) in [5, 5.41) is 14.8. The van der Waals surface area contributed by atoms with Crippen LogP contribution < -0.4 is 11.1 Å². The highest BCUT2D eigenvalue weighted by Crippen LogP contribution is 2.30. The zero-order valence-electron chi connectivity index (χ0n) is 9.71. The number of hydrogen-bond donors (Lipinski definition) is 2. The van der Waals surface area contributed by atoms with Gasteiger partial charge in [-0.15, -0.1) is 5.10 Å². The quantitative estimate of drug-likeness (QED) is 0.537. The molecule has 2 saturated carbocycles. The van der Waals surface area contributed by atoms with Gasteiger partial charge in [0, 0.05) is 12.6 Å². The van der Waals surface area contributed by atoms with Crippen molar-refractivity contribution in [2.24, 2.45) is 16.6 Å². The smallest absolute Gasteiger partial charge is 0.189 e. The molecule has 0 aliphatic heterocycles. The Morgan fingerprint density at radius 1 is 1.41 bits per heavy atom. The van der Waals surface area contributed by atoms with Crippen molar-refractivity contribution in [2.45, 2.75) is 44.8 Å². The van der Waals surface area contributed by atoms with E-state index in [2.05, 4.69) is 25.8 Å². The van der Waals surface area contributed by atoms with Crippen LogP contribution in [0.25, 0.3) is 0 Å². The monoisotopic (exact) mass is 235 g/mol. The molecule has 7 nitrogen and oxygen atoms in total. The lowest BCUT2D eigenvalue weighted by Crippen LogP contribution is -2.33. The zero-order chi connectivity index (χ0) is 11.7. The molecule has 0 saturated heterocycles. The molecule has 17 heavy (non-hydrogen) atoms. The topological polar surface area (TPSA) is 94.0 Å². The maximum Gasteiger partial charge on any atom is 0.189 e. The number of hydrogen-bond acceptors (Lipinski definition) is 4. The predicted molar refractivity (Wildman–Crippen MR) is 62.0 cm³/mol. The van der Waals surface area contributed by atoms with Crippen LogP contribution in [0.5, 0.6) is 0 Å². The van der Waals surface area contributed by atoms with Crippen LogP contribution in [0.1, 0.15) is 31.5 Å². The van der Waals surface area contributed by atoms with Crippen LogP contribution in [0.15, 0.2) is 4.99 Å². The van der Waals surface area contributed by atoms with Gasteiger partial charge in [-0.2, -0.15) is 0 Å². The van der Waals surface area contributed by atoms with Gasteiger partial charge in [0.05, 0.1) is 0 Å². The van der Waals surface area contributed by atoms with Gasteiger partial charge in [0.1, 0.15) is 6.54 Å². The van der Waals surface area contributed by atoms with Crippen molar-refractivity contribution >= 4 is 5.96 Å². The molecule has 2 aliphatic rings. The fourth-order valence-electron chi connectivity index (χ4n) is 1.66. The van der Waals surface area contributed by atoms with E-state index in [0.29, 0.717) is 18.5 Å². The molecule has 0 amide bonds. The first-order chi connectivity index (χ1) is 8.31. The van der Waals surface area contributed by atoms with Gasteiger partial charge in [0.25, 0.3) is 0 Å². The van der Waals surface area contributed by atoms with E-state index in [1.807, 2.05) is 4.68 Å². The summed E-state index contributed by atoms with van der Waals surface area (Å²) in [5.74, 6) is 2.04. The average molecular weight is 235 g/mol. The minimum Gasteiger partial charge on any atom is -0.370 e. The van der Waals surface area contributed by atoms with E-state index in [1.165, 1.54) is 25.7 Å². The molecule has 0 radical (unpaired) electrons. The first-order valence-corrected chi connectivity index (χ1v) is 6.13. The lowest BCUT2D eigenvalue weighted by Gasteiger charge is -2.03. The Hall–Kier alpha value is -1.66. The molecule has 2 fully saturated rings. The number of nitrogens with two attached hydrogens (primary N) is 1. The van der Waals surface area contributed by atoms with E-state index < -0.39 is 0 Å². The molecule has 0 spiro atoms. The van der Waals surface area contributed by atoms with Crippen molar-refractivity contribution in [3.8, 4) is 0 Å². The van der Waals surface area contributed by atoms with Gasteiger partial charge >= 0.3 is 0 Å². The summed E-state index contributed by atoms with van der Waals surface area (Å²) in [6.07, 6.45) is 4.95. The summed E-state index contributed by atoms with van der Waals surface area (Å²) < 4.78 is 1.84. The van der Waals surface area contributed by atoms with Gasteiger partial charge in [0.15, 0.2) is 11.8 Å². The fourth-order valence-corrected chi connectivity index (χ4v) is 1.66. The first kappa shape index (κ1) is 10.5. The molecule has 0 aromatic carbocycles. The number of aliphatic imine (C=N–C) groups is 1. The van der Waals surface area contributed by atoms with Crippen molar-refractivity contribution in [2.75, 3.05) is 0 Å². The van der Waals surface area contributed by atoms with E-state index in [-0.39, 0.29) is 0 Å². The molecule has 7 heteroatoms. The second kappa shape index (κ2) is 4.31. The van der Waals surface area contributed by atoms with Crippen molar-refractivity contribution in [1.82, 2.24) is 25.5 Å². The lowest BCUT2D eigenvalue weighted by molar-refractivity contribution is 0.524. The van der Waals surface area contributed by atoms with Crippen LogP contribution in [-0.2, 0) is 13.1 Å². The molecular formula is C10H17N7. The maximum absolute atomic E-state index is 5.76. The Labute approximate surface area is 99.5 Å². The normalized spacial score (nSPS) is 20.6. The first-order valence-electron chi connectivity index (χ1n) is 6.13. The minimum absolute atomic E-state index is 0.450. The summed E-state index contributed by atoms with van der Waals surface area (Å²) in [4.78, 5) is 4.26. The van der Waals surface area contributed by atoms with E-state index >= 15 is 0 Å². The zero-order valence-corrected chi connectivity index (χ0v) is 9.71. The van der Waals surface area contributed by atoms with Crippen LogP contribution in [0, 0.1) is 5.92 Å². The van der Waals surface area contributed by atoms with Crippen LogP contribution in [-0.4, -0.2) is 32.2 Å². The van der Waals surface area contributed by atoms with Crippen LogP contribution in [0.4, 0.5) is 0 Å². The van der Waals surface area contributed by atoms with E-state index in [9.17, 15) is 0 Å². The highest BCUT2D eigenvalue weighted by atomic mass is 15.5. The number of nitrogens with one attached hydrogen (secondary N) is 1. The predicted octanol–water partition coefficient (Wildman–Crippen LogP) is -0.350. The largest absolute Gasteiger partial charge is 0.370 e. The minimum atomic E-state index is 0.450. The molecule has 0 unspecified atom stereocenters. The SMILES string of the molecule is NC(=NCc1nnnn1CC1CC1)NC1CC1. The molecule has 3 N–H and O–H groups in total. The molecule has 2 aliphatic carbocycles. The lowest BCUT2D eigenvalue weighted by atomic mass is 10.4. The van der Waals surface area contributed by atoms with Gasteiger partial charge in [-0.25, -0.2) is 9.67 Å². The molecule has 92 valence electrons. The van der Waals surface area contributed by atoms with Crippen LogP contribution >= 0.6 is 0 Å². The summed E-state index contributed by atoms with van der Waals surface area (Å²) in [6.45, 7) is 1.36. The Morgan fingerprint density at radius 3 is 2.94 bits per heavy atom. The average Bonchev–Trinajstić information content (AvgIpc) is 3.19. The fraction of sp³-hybridized carbons (Fsp3) is 0.800. The molecule has 0 bridgehead atoms. The van der Waals surface area contributed by atoms with Crippen molar-refractivity contribution in [3.63, 3.8) is 0 Å². The third-order valence-electron chi connectivity index (χ3n) is 3.05. The van der Waals surface area contributed by atoms with Crippen molar-refractivity contribution in [3.05, 3.63) is 5.82 Å². The second-order valence-electron chi connectivity index (χ2n) is 4.84. The third kappa shape index (κ3) is 2.92. The molecule has 1 heterocycles. The van der Waals surface area contributed by atoms with Crippen LogP contribution in [0.2, 0.25) is 0 Å². The van der Waals surface area contributed by atoms with Gasteiger partial charge < -0.3 is 11.1 Å². The number of rotatable bonds is 5. The van der Waals surface area contributed by atoms with Gasteiger partial charge in [0.2, 0.25) is 0 Å².